The van der Waals surface area contributed by atoms with Gasteiger partial charge in [-0.1, -0.05) is 20.8 Å². The maximum atomic E-state index is 8.99. The van der Waals surface area contributed by atoms with Crippen molar-refractivity contribution in [2.24, 2.45) is 5.73 Å². The predicted molar refractivity (Wildman–Crippen MR) is 81.3 cm³/mol. The smallest absolute Gasteiger partial charge is 0.192 e. The first kappa shape index (κ1) is 16.3. The average molecular weight is 298 g/mol. The van der Waals surface area contributed by atoms with Gasteiger partial charge in [-0.15, -0.1) is 11.3 Å². The second-order valence-electron chi connectivity index (χ2n) is 6.51. The minimum absolute atomic E-state index is 0.181. The molecule has 0 aliphatic heterocycles. The van der Waals surface area contributed by atoms with Crippen LogP contribution in [0, 0.1) is 11.3 Å². The molecule has 106 valence electrons. The summed E-state index contributed by atoms with van der Waals surface area (Å²) in [5, 5.41) is 11.7. The number of nitrogens with two attached hydrogens (primary N) is 1. The fraction of sp³-hybridized carbons (Fsp3) is 0.692. The van der Waals surface area contributed by atoms with E-state index in [1.807, 2.05) is 5.38 Å². The fourth-order valence-electron chi connectivity index (χ4n) is 1.13. The first-order chi connectivity index (χ1) is 8.49. The van der Waals surface area contributed by atoms with Crippen LogP contribution in [-0.4, -0.2) is 13.3 Å². The maximum Gasteiger partial charge on any atom is 0.192 e. The van der Waals surface area contributed by atoms with Crippen LogP contribution in [0.5, 0.6) is 0 Å². The number of aromatic nitrogens is 1. The lowest BCUT2D eigenvalue weighted by Gasteiger charge is -2.35. The third-order valence-electron chi connectivity index (χ3n) is 3.62. The molecule has 0 aliphatic rings. The molecule has 1 unspecified atom stereocenters. The van der Waals surface area contributed by atoms with Gasteiger partial charge in [0, 0.05) is 5.38 Å². The highest BCUT2D eigenvalue weighted by Gasteiger charge is 2.37. The molecule has 2 N–H and O–H groups in total. The van der Waals surface area contributed by atoms with Gasteiger partial charge in [-0.05, 0) is 25.1 Å². The molecule has 0 amide bonds. The second kappa shape index (κ2) is 5.33. The Hall–Kier alpha value is -0.743. The topological polar surface area (TPSA) is 71.9 Å². The Morgan fingerprint density at radius 1 is 1.42 bits per heavy atom. The Morgan fingerprint density at radius 2 is 2.00 bits per heavy atom. The van der Waals surface area contributed by atoms with Gasteiger partial charge in [0.05, 0.1) is 18.4 Å². The van der Waals surface area contributed by atoms with Crippen molar-refractivity contribution in [2.75, 3.05) is 0 Å². The Morgan fingerprint density at radius 3 is 2.47 bits per heavy atom. The van der Waals surface area contributed by atoms with Crippen LogP contribution < -0.4 is 5.73 Å². The molecule has 1 aromatic heterocycles. The van der Waals surface area contributed by atoms with Crippen molar-refractivity contribution in [2.45, 2.75) is 58.0 Å². The van der Waals surface area contributed by atoms with E-state index >= 15 is 0 Å². The second-order valence-corrected chi connectivity index (χ2v) is 12.2. The molecule has 1 heterocycles. The molecule has 1 aromatic rings. The molecular formula is C13H23N3OSSi. The normalized spacial score (nSPS) is 15.9. The Balaban J connectivity index is 2.74. The van der Waals surface area contributed by atoms with Crippen LogP contribution in [0.15, 0.2) is 5.38 Å². The molecule has 1 rings (SSSR count). The van der Waals surface area contributed by atoms with E-state index in [1.54, 1.807) is 6.92 Å². The molecule has 0 radical (unpaired) electrons. The number of nitrogens with zero attached hydrogens (tertiary/aromatic N) is 2. The van der Waals surface area contributed by atoms with Crippen molar-refractivity contribution in [3.05, 3.63) is 16.1 Å². The van der Waals surface area contributed by atoms with Gasteiger partial charge in [-0.2, -0.15) is 5.26 Å². The van der Waals surface area contributed by atoms with Crippen LogP contribution in [0.2, 0.25) is 18.1 Å². The zero-order valence-corrected chi connectivity index (χ0v) is 14.4. The summed E-state index contributed by atoms with van der Waals surface area (Å²) in [5.41, 5.74) is 5.70. The number of nitriles is 1. The molecule has 0 bridgehead atoms. The van der Waals surface area contributed by atoms with Gasteiger partial charge in [0.2, 0.25) is 0 Å². The lowest BCUT2D eigenvalue weighted by Crippen LogP contribution is -2.40. The lowest BCUT2D eigenvalue weighted by molar-refractivity contribution is 0.272. The first-order valence-electron chi connectivity index (χ1n) is 6.28. The minimum atomic E-state index is -1.76. The Bertz CT molecular complexity index is 483. The number of hydrogen-bond acceptors (Lipinski definition) is 5. The molecule has 4 nitrogen and oxygen atoms in total. The number of rotatable bonds is 4. The molecule has 0 aliphatic carbocycles. The van der Waals surface area contributed by atoms with E-state index in [0.717, 1.165) is 5.69 Å². The molecule has 0 saturated heterocycles. The summed E-state index contributed by atoms with van der Waals surface area (Å²) in [7, 11) is -1.76. The van der Waals surface area contributed by atoms with E-state index < -0.39 is 13.9 Å². The van der Waals surface area contributed by atoms with Gasteiger partial charge in [0.25, 0.3) is 0 Å². The van der Waals surface area contributed by atoms with Crippen molar-refractivity contribution in [1.29, 1.82) is 5.26 Å². The molecule has 0 spiro atoms. The van der Waals surface area contributed by atoms with Crippen LogP contribution in [0.3, 0.4) is 0 Å². The maximum absolute atomic E-state index is 8.99. The third-order valence-corrected chi connectivity index (χ3v) is 9.22. The highest BCUT2D eigenvalue weighted by molar-refractivity contribution is 7.09. The van der Waals surface area contributed by atoms with Crippen LogP contribution in [0.25, 0.3) is 0 Å². The van der Waals surface area contributed by atoms with Gasteiger partial charge < -0.3 is 10.2 Å². The standard InChI is InChI=1S/C13H23N3OSSi/c1-12(2,3)19(5,6)17-7-10-8-18-11(16-10)13(4,15)9-14/h8H,7,15H2,1-6H3. The van der Waals surface area contributed by atoms with Crippen LogP contribution in [-0.2, 0) is 16.6 Å². The minimum Gasteiger partial charge on any atom is -0.411 e. The molecule has 6 heteroatoms. The van der Waals surface area contributed by atoms with Crippen molar-refractivity contribution in [3.63, 3.8) is 0 Å². The van der Waals surface area contributed by atoms with Crippen molar-refractivity contribution in [3.8, 4) is 6.07 Å². The van der Waals surface area contributed by atoms with E-state index in [-0.39, 0.29) is 5.04 Å². The first-order valence-corrected chi connectivity index (χ1v) is 10.1. The highest BCUT2D eigenvalue weighted by Crippen LogP contribution is 2.37. The number of hydrogen-bond donors (Lipinski definition) is 1. The van der Waals surface area contributed by atoms with E-state index in [9.17, 15) is 0 Å². The highest BCUT2D eigenvalue weighted by atomic mass is 32.1. The quantitative estimate of drug-likeness (QED) is 0.865. The van der Waals surface area contributed by atoms with Gasteiger partial charge in [-0.25, -0.2) is 4.98 Å². The zero-order chi connectivity index (χ0) is 14.9. The van der Waals surface area contributed by atoms with Gasteiger partial charge >= 0.3 is 0 Å². The summed E-state index contributed by atoms with van der Waals surface area (Å²) in [6.07, 6.45) is 0. The SMILES string of the molecule is CC(N)(C#N)c1nc(CO[Si](C)(C)C(C)(C)C)cs1. The summed E-state index contributed by atoms with van der Waals surface area (Å²) >= 11 is 1.42. The van der Waals surface area contributed by atoms with E-state index in [0.29, 0.717) is 11.6 Å². The van der Waals surface area contributed by atoms with Gasteiger partial charge in [0.1, 0.15) is 5.01 Å². The Kier molecular flexibility index (Phi) is 4.57. The van der Waals surface area contributed by atoms with E-state index in [1.165, 1.54) is 11.3 Å². The van der Waals surface area contributed by atoms with Gasteiger partial charge in [0.15, 0.2) is 13.9 Å². The summed E-state index contributed by atoms with van der Waals surface area (Å²) in [4.78, 5) is 4.41. The molecule has 0 aromatic carbocycles. The zero-order valence-electron chi connectivity index (χ0n) is 12.6. The summed E-state index contributed by atoms with van der Waals surface area (Å²) in [5.74, 6) is 0. The van der Waals surface area contributed by atoms with Crippen LogP contribution >= 0.6 is 11.3 Å². The average Bonchev–Trinajstić information content (AvgIpc) is 2.74. The van der Waals surface area contributed by atoms with Crippen molar-refractivity contribution < 1.29 is 4.43 Å². The Labute approximate surface area is 120 Å². The summed E-state index contributed by atoms with van der Waals surface area (Å²) in [6.45, 7) is 13.2. The van der Waals surface area contributed by atoms with Crippen molar-refractivity contribution >= 4 is 19.7 Å². The summed E-state index contributed by atoms with van der Waals surface area (Å²) in [6, 6.07) is 2.06. The monoisotopic (exact) mass is 297 g/mol. The largest absolute Gasteiger partial charge is 0.411 e. The molecular weight excluding hydrogens is 274 g/mol. The van der Waals surface area contributed by atoms with Crippen LogP contribution in [0.1, 0.15) is 38.4 Å². The lowest BCUT2D eigenvalue weighted by atomic mass is 10.1. The van der Waals surface area contributed by atoms with E-state index in [4.69, 9.17) is 15.4 Å². The van der Waals surface area contributed by atoms with E-state index in [2.05, 4.69) is 44.9 Å². The predicted octanol–water partition coefficient (Wildman–Crippen LogP) is 3.36. The molecule has 0 saturated carbocycles. The molecule has 1 atom stereocenters. The third kappa shape index (κ3) is 3.86. The fourth-order valence-corrected chi connectivity index (χ4v) is 2.90. The molecule has 0 fully saturated rings. The summed E-state index contributed by atoms with van der Waals surface area (Å²) < 4.78 is 6.10. The van der Waals surface area contributed by atoms with Gasteiger partial charge in [-0.3, -0.25) is 0 Å². The van der Waals surface area contributed by atoms with Crippen molar-refractivity contribution in [1.82, 2.24) is 4.98 Å². The molecule has 19 heavy (non-hydrogen) atoms. The number of thiazole rings is 1. The van der Waals surface area contributed by atoms with Crippen LogP contribution in [0.4, 0.5) is 0 Å².